The van der Waals surface area contributed by atoms with E-state index in [1.165, 1.54) is 11.1 Å². The monoisotopic (exact) mass is 242 g/mol. The molecular weight excluding hydrogens is 224 g/mol. The lowest BCUT2D eigenvalue weighted by Crippen LogP contribution is -2.48. The largest absolute Gasteiger partial charge is 0.326 e. The SMILES string of the molecule is CC=C1[C@H]2C=C(C)C[C@]1(N)c1ccc(=O)[nH]c1C2. The Morgan fingerprint density at radius 2 is 2.28 bits per heavy atom. The summed E-state index contributed by atoms with van der Waals surface area (Å²) >= 11 is 0. The van der Waals surface area contributed by atoms with Gasteiger partial charge in [0.25, 0.3) is 0 Å². The van der Waals surface area contributed by atoms with Gasteiger partial charge in [-0.2, -0.15) is 0 Å². The number of fused-ring (bicyclic) bond motifs is 4. The average molecular weight is 242 g/mol. The molecule has 2 bridgehead atoms. The molecule has 0 aliphatic heterocycles. The fourth-order valence-electron chi connectivity index (χ4n) is 3.57. The van der Waals surface area contributed by atoms with Crippen molar-refractivity contribution in [2.24, 2.45) is 11.7 Å². The van der Waals surface area contributed by atoms with Crippen LogP contribution in [0.2, 0.25) is 0 Å². The molecule has 0 radical (unpaired) electrons. The van der Waals surface area contributed by atoms with Crippen LogP contribution in [0.3, 0.4) is 0 Å². The minimum atomic E-state index is -0.434. The van der Waals surface area contributed by atoms with E-state index in [4.69, 9.17) is 5.73 Å². The van der Waals surface area contributed by atoms with Crippen molar-refractivity contribution in [3.8, 4) is 0 Å². The fourth-order valence-corrected chi connectivity index (χ4v) is 3.57. The summed E-state index contributed by atoms with van der Waals surface area (Å²) in [7, 11) is 0. The van der Waals surface area contributed by atoms with E-state index in [1.54, 1.807) is 6.07 Å². The summed E-state index contributed by atoms with van der Waals surface area (Å²) in [5.74, 6) is 0.333. The van der Waals surface area contributed by atoms with Gasteiger partial charge in [-0.3, -0.25) is 4.79 Å². The Balaban J connectivity index is 2.28. The van der Waals surface area contributed by atoms with E-state index >= 15 is 0 Å². The van der Waals surface area contributed by atoms with E-state index in [2.05, 4.69) is 31.0 Å². The Kier molecular flexibility index (Phi) is 2.35. The summed E-state index contributed by atoms with van der Waals surface area (Å²) in [6.07, 6.45) is 6.11. The molecule has 3 heteroatoms. The smallest absolute Gasteiger partial charge is 0.248 e. The zero-order valence-electron chi connectivity index (χ0n) is 10.8. The minimum Gasteiger partial charge on any atom is -0.326 e. The topological polar surface area (TPSA) is 58.9 Å². The minimum absolute atomic E-state index is 0.0416. The lowest BCUT2D eigenvalue weighted by molar-refractivity contribution is 0.409. The van der Waals surface area contributed by atoms with Gasteiger partial charge in [0.1, 0.15) is 0 Å². The summed E-state index contributed by atoms with van der Waals surface area (Å²) < 4.78 is 0. The van der Waals surface area contributed by atoms with Gasteiger partial charge in [0, 0.05) is 17.7 Å². The molecule has 94 valence electrons. The van der Waals surface area contributed by atoms with Crippen LogP contribution in [-0.2, 0) is 12.0 Å². The first-order valence-corrected chi connectivity index (χ1v) is 6.40. The maximum Gasteiger partial charge on any atom is 0.248 e. The highest BCUT2D eigenvalue weighted by atomic mass is 16.1. The first-order chi connectivity index (χ1) is 8.54. The van der Waals surface area contributed by atoms with Crippen molar-refractivity contribution < 1.29 is 0 Å². The number of H-pyrrole nitrogens is 1. The Morgan fingerprint density at radius 3 is 3.00 bits per heavy atom. The molecule has 1 aromatic rings. The molecule has 0 unspecified atom stereocenters. The number of pyridine rings is 1. The molecule has 0 fully saturated rings. The summed E-state index contributed by atoms with van der Waals surface area (Å²) in [5.41, 5.74) is 10.9. The highest BCUT2D eigenvalue weighted by Gasteiger charge is 2.43. The number of rotatable bonds is 0. The molecular formula is C15H18N2O. The van der Waals surface area contributed by atoms with Crippen molar-refractivity contribution in [3.05, 3.63) is 57.0 Å². The first-order valence-electron chi connectivity index (χ1n) is 6.40. The van der Waals surface area contributed by atoms with Crippen LogP contribution in [0.15, 0.2) is 40.2 Å². The standard InChI is InChI=1S/C15H18N2O/c1-3-11-10-6-9(2)8-15(11,16)12-4-5-14(18)17-13(12)7-10/h3-6,10H,7-8,16H2,1-2H3,(H,17,18)/t10-,15+/m0/s1. The summed E-state index contributed by atoms with van der Waals surface area (Å²) in [4.78, 5) is 14.4. The molecule has 0 saturated heterocycles. The van der Waals surface area contributed by atoms with E-state index < -0.39 is 5.54 Å². The van der Waals surface area contributed by atoms with Crippen LogP contribution in [0.1, 0.15) is 31.5 Å². The Morgan fingerprint density at radius 1 is 1.50 bits per heavy atom. The molecule has 2 aliphatic carbocycles. The maximum atomic E-state index is 11.5. The molecule has 0 spiro atoms. The van der Waals surface area contributed by atoms with Crippen molar-refractivity contribution in [2.45, 2.75) is 32.2 Å². The summed E-state index contributed by atoms with van der Waals surface area (Å²) in [5, 5.41) is 0. The van der Waals surface area contributed by atoms with Crippen molar-refractivity contribution >= 4 is 0 Å². The lowest BCUT2D eigenvalue weighted by atomic mass is 9.63. The predicted molar refractivity (Wildman–Crippen MR) is 72.3 cm³/mol. The highest BCUT2D eigenvalue weighted by Crippen LogP contribution is 2.47. The predicted octanol–water partition coefficient (Wildman–Crippen LogP) is 2.00. The average Bonchev–Trinajstić information content (AvgIpc) is 2.26. The second kappa shape index (κ2) is 3.69. The number of allylic oxidation sites excluding steroid dienone is 2. The fraction of sp³-hybridized carbons (Fsp3) is 0.400. The van der Waals surface area contributed by atoms with Gasteiger partial charge in [0.15, 0.2) is 0 Å². The number of aromatic nitrogens is 1. The van der Waals surface area contributed by atoms with Crippen LogP contribution < -0.4 is 11.3 Å². The number of nitrogens with two attached hydrogens (primary N) is 1. The zero-order valence-corrected chi connectivity index (χ0v) is 10.8. The molecule has 3 nitrogen and oxygen atoms in total. The molecule has 2 aliphatic rings. The van der Waals surface area contributed by atoms with Crippen LogP contribution in [0.5, 0.6) is 0 Å². The van der Waals surface area contributed by atoms with E-state index in [9.17, 15) is 4.79 Å². The maximum absolute atomic E-state index is 11.5. The van der Waals surface area contributed by atoms with E-state index in [0.717, 1.165) is 24.1 Å². The third kappa shape index (κ3) is 1.44. The quantitative estimate of drug-likeness (QED) is 0.684. The normalized spacial score (nSPS) is 32.1. The van der Waals surface area contributed by atoms with Gasteiger partial charge in [-0.05, 0) is 43.9 Å². The molecule has 0 saturated carbocycles. The molecule has 0 aromatic carbocycles. The number of aromatic amines is 1. The second-order valence-electron chi connectivity index (χ2n) is 5.43. The molecule has 1 aromatic heterocycles. The van der Waals surface area contributed by atoms with Crippen molar-refractivity contribution in [2.75, 3.05) is 0 Å². The van der Waals surface area contributed by atoms with Crippen molar-refractivity contribution in [3.63, 3.8) is 0 Å². The van der Waals surface area contributed by atoms with Gasteiger partial charge < -0.3 is 10.7 Å². The third-order valence-corrected chi connectivity index (χ3v) is 4.17. The van der Waals surface area contributed by atoms with E-state index in [1.807, 2.05) is 6.07 Å². The molecule has 3 N–H and O–H groups in total. The molecule has 1 heterocycles. The van der Waals surface area contributed by atoms with Crippen LogP contribution >= 0.6 is 0 Å². The number of nitrogens with one attached hydrogen (secondary N) is 1. The molecule has 0 amide bonds. The zero-order chi connectivity index (χ0) is 12.9. The Labute approximate surface area is 106 Å². The molecule has 18 heavy (non-hydrogen) atoms. The third-order valence-electron chi connectivity index (χ3n) is 4.17. The van der Waals surface area contributed by atoms with Gasteiger partial charge in [-0.1, -0.05) is 17.7 Å². The van der Waals surface area contributed by atoms with Crippen LogP contribution in [0.4, 0.5) is 0 Å². The lowest BCUT2D eigenvalue weighted by Gasteiger charge is -2.45. The van der Waals surface area contributed by atoms with Gasteiger partial charge in [-0.15, -0.1) is 0 Å². The molecule has 3 rings (SSSR count). The Hall–Kier alpha value is -1.61. The highest BCUT2D eigenvalue weighted by molar-refractivity contribution is 5.48. The Bertz CT molecular complexity index is 624. The van der Waals surface area contributed by atoms with Gasteiger partial charge >= 0.3 is 0 Å². The molecule has 2 atom stereocenters. The van der Waals surface area contributed by atoms with Crippen LogP contribution in [0, 0.1) is 5.92 Å². The first kappa shape index (κ1) is 11.5. The summed E-state index contributed by atoms with van der Waals surface area (Å²) in [6.45, 7) is 4.19. The van der Waals surface area contributed by atoms with Gasteiger partial charge in [0.05, 0.1) is 5.54 Å². The van der Waals surface area contributed by atoms with E-state index in [-0.39, 0.29) is 5.56 Å². The van der Waals surface area contributed by atoms with Gasteiger partial charge in [0.2, 0.25) is 5.56 Å². The van der Waals surface area contributed by atoms with Crippen molar-refractivity contribution in [1.82, 2.24) is 4.98 Å². The van der Waals surface area contributed by atoms with Crippen LogP contribution in [-0.4, -0.2) is 4.98 Å². The summed E-state index contributed by atoms with van der Waals surface area (Å²) in [6, 6.07) is 3.47. The van der Waals surface area contributed by atoms with Crippen molar-refractivity contribution in [1.29, 1.82) is 0 Å². The second-order valence-corrected chi connectivity index (χ2v) is 5.43. The van der Waals surface area contributed by atoms with Gasteiger partial charge in [-0.25, -0.2) is 0 Å². The number of hydrogen-bond acceptors (Lipinski definition) is 2. The number of hydrogen-bond donors (Lipinski definition) is 2. The van der Waals surface area contributed by atoms with E-state index in [0.29, 0.717) is 5.92 Å². The van der Waals surface area contributed by atoms with Crippen LogP contribution in [0.25, 0.3) is 0 Å².